The van der Waals surface area contributed by atoms with Crippen molar-refractivity contribution < 1.29 is 17.1 Å². The standard InChI is InChI=1S/C41H23Cl10N6.Cu/c1-12-7-14(3)18(15(4)8-12)20-32-24(42)26(44)36(54-32)22(23-40(50)52-11-53-41(23)51)37-27(45)25(43)33(55-37)21(19-16(5)9-13(2)10-17(19)6)35-29(47)31(49)39(57-35)38-30(48)28(46)34(20)56-38;/h7-11H,1-6H3;/q-3;. The summed E-state index contributed by atoms with van der Waals surface area (Å²) in [7, 11) is 0. The fraction of sp³-hybridized carbons (Fsp3) is 0.146. The second-order valence-corrected chi connectivity index (χ2v) is 17.5. The number of benzene rings is 2. The number of halogens is 10. The van der Waals surface area contributed by atoms with Gasteiger partial charge in [-0.25, -0.2) is 15.0 Å². The van der Waals surface area contributed by atoms with Crippen LogP contribution in [0.4, 0.5) is 0 Å². The van der Waals surface area contributed by atoms with Gasteiger partial charge in [-0.3, -0.25) is 0 Å². The van der Waals surface area contributed by atoms with Crippen molar-refractivity contribution in [3.05, 3.63) is 116 Å². The Balaban J connectivity index is 0.00000512. The molecule has 2 aromatic carbocycles. The maximum absolute atomic E-state index is 7.26. The smallest absolute Gasteiger partial charge is 0.141 e. The predicted octanol–water partition coefficient (Wildman–Crippen LogP) is 15.6. The van der Waals surface area contributed by atoms with Gasteiger partial charge >= 0.3 is 0 Å². The molecule has 1 radical (unpaired) electrons. The zero-order valence-corrected chi connectivity index (χ0v) is 39.2. The Kier molecular flexibility index (Phi) is 12.2. The van der Waals surface area contributed by atoms with Crippen LogP contribution in [0.5, 0.6) is 0 Å². The molecule has 5 aromatic heterocycles. The van der Waals surface area contributed by atoms with Crippen molar-refractivity contribution in [1.29, 1.82) is 0 Å². The van der Waals surface area contributed by atoms with Crippen LogP contribution in [-0.4, -0.2) is 15.0 Å². The molecule has 1 aliphatic heterocycles. The first-order chi connectivity index (χ1) is 26.9. The molecule has 0 atom stereocenters. The summed E-state index contributed by atoms with van der Waals surface area (Å²) < 4.78 is 0. The van der Waals surface area contributed by atoms with E-state index in [9.17, 15) is 0 Å². The largest absolute Gasteiger partial charge is 0.654 e. The molecule has 1 aliphatic rings. The maximum Gasteiger partial charge on any atom is 0.141 e. The predicted molar refractivity (Wildman–Crippen MR) is 242 cm³/mol. The summed E-state index contributed by atoms with van der Waals surface area (Å²) in [4.78, 5) is 28.8. The summed E-state index contributed by atoms with van der Waals surface area (Å²) in [5.41, 5.74) is 9.53. The first-order valence-electron chi connectivity index (χ1n) is 17.0. The summed E-state index contributed by atoms with van der Waals surface area (Å²) in [6.07, 6.45) is 1.22. The van der Waals surface area contributed by atoms with Crippen LogP contribution in [0, 0.1) is 41.5 Å². The molecule has 8 bridgehead atoms. The zero-order chi connectivity index (χ0) is 41.1. The van der Waals surface area contributed by atoms with E-state index in [4.69, 9.17) is 136 Å². The Labute approximate surface area is 393 Å². The summed E-state index contributed by atoms with van der Waals surface area (Å²) in [5.74, 6) is 0. The molecule has 0 saturated heterocycles. The third-order valence-corrected chi connectivity index (χ3v) is 13.7. The molecule has 17 heteroatoms. The molecule has 58 heavy (non-hydrogen) atoms. The fourth-order valence-corrected chi connectivity index (χ4v) is 10.0. The van der Waals surface area contributed by atoms with E-state index in [-0.39, 0.29) is 123 Å². The molecule has 6 heterocycles. The van der Waals surface area contributed by atoms with Gasteiger partial charge in [-0.2, -0.15) is 0 Å². The number of aromatic nitrogens is 6. The van der Waals surface area contributed by atoms with Crippen LogP contribution in [0.25, 0.3) is 76.5 Å². The molecule has 0 amide bonds. The van der Waals surface area contributed by atoms with Gasteiger partial charge in [0.1, 0.15) is 16.6 Å². The molecule has 301 valence electrons. The quantitative estimate of drug-likeness (QED) is 0.130. The minimum Gasteiger partial charge on any atom is -0.654 e. The van der Waals surface area contributed by atoms with Crippen LogP contribution in [0.3, 0.4) is 0 Å². The second kappa shape index (κ2) is 16.2. The first-order valence-corrected chi connectivity index (χ1v) is 20.7. The van der Waals surface area contributed by atoms with Crippen LogP contribution in [-0.2, 0) is 17.1 Å². The van der Waals surface area contributed by atoms with Crippen molar-refractivity contribution in [2.75, 3.05) is 0 Å². The van der Waals surface area contributed by atoms with E-state index in [1.165, 1.54) is 6.33 Å². The van der Waals surface area contributed by atoms with Crippen LogP contribution < -0.4 is 15.0 Å². The summed E-state index contributed by atoms with van der Waals surface area (Å²) in [6.45, 7) is 11.8. The van der Waals surface area contributed by atoms with E-state index < -0.39 is 0 Å². The molecule has 7 aromatic rings. The van der Waals surface area contributed by atoms with Crippen LogP contribution in [0.15, 0.2) is 30.6 Å². The van der Waals surface area contributed by atoms with E-state index in [0.717, 1.165) is 44.5 Å². The Hall–Kier alpha value is -2.33. The molecule has 6 nitrogen and oxygen atoms in total. The van der Waals surface area contributed by atoms with E-state index >= 15 is 0 Å². The molecule has 0 spiro atoms. The van der Waals surface area contributed by atoms with E-state index in [2.05, 4.69) is 9.97 Å². The molecular formula is C41H23Cl10CuN6-3. The van der Waals surface area contributed by atoms with Crippen molar-refractivity contribution in [3.63, 3.8) is 0 Å². The number of fused-ring (bicyclic) bond motifs is 9. The Morgan fingerprint density at radius 1 is 0.379 bits per heavy atom. The SMILES string of the molecule is Cc1cc(C)c(-c2c3nc(c4[n-]c(c(Cl)c4Cl)c(-c4c(C)cc(C)cc4C)c4[n-]c(c(Cl)c4Cl)c(-c4c(Cl)ncnc4Cl)c4[n-]c2c(Cl)c4Cl)C(Cl)=C3Cl)c(C)c1.[Cu]. The molecule has 0 fully saturated rings. The van der Waals surface area contributed by atoms with Crippen LogP contribution >= 0.6 is 116 Å². The summed E-state index contributed by atoms with van der Waals surface area (Å²) in [6, 6.07) is 8.08. The third-order valence-electron chi connectivity index (χ3n) is 9.83. The number of hydrogen-bond acceptors (Lipinski definition) is 3. The Morgan fingerprint density at radius 2 is 0.690 bits per heavy atom. The Bertz CT molecular complexity index is 3040. The first kappa shape index (κ1) is 43.7. The molecule has 0 aliphatic carbocycles. The average molecular weight is 1020 g/mol. The molecule has 0 saturated carbocycles. The topological polar surface area (TPSA) is 81.0 Å². The van der Waals surface area contributed by atoms with Gasteiger partial charge in [0.05, 0.1) is 27.0 Å². The maximum atomic E-state index is 7.26. The second-order valence-electron chi connectivity index (χ2n) is 13.8. The Morgan fingerprint density at radius 3 is 1.10 bits per heavy atom. The summed E-state index contributed by atoms with van der Waals surface area (Å²) >= 11 is 71.3. The number of hydrogen-bond donors (Lipinski definition) is 0. The normalized spacial score (nSPS) is 12.3. The number of nitrogens with zero attached hydrogens (tertiary/aromatic N) is 6. The minimum atomic E-state index is -0.0467. The molecular weight excluding hydrogens is 995 g/mol. The summed E-state index contributed by atoms with van der Waals surface area (Å²) in [5, 5.41) is 0.353. The van der Waals surface area contributed by atoms with Gasteiger partial charge < -0.3 is 15.0 Å². The van der Waals surface area contributed by atoms with Gasteiger partial charge in [0.25, 0.3) is 0 Å². The third kappa shape index (κ3) is 6.83. The minimum absolute atomic E-state index is 0. The van der Waals surface area contributed by atoms with Crippen LogP contribution in [0.1, 0.15) is 44.8 Å². The van der Waals surface area contributed by atoms with Crippen molar-refractivity contribution in [3.8, 4) is 33.4 Å². The molecule has 0 unspecified atom stereocenters. The van der Waals surface area contributed by atoms with Crippen LogP contribution in [0.2, 0.25) is 40.4 Å². The van der Waals surface area contributed by atoms with Gasteiger partial charge in [0.15, 0.2) is 0 Å². The van der Waals surface area contributed by atoms with Crippen molar-refractivity contribution in [1.82, 2.24) is 29.9 Å². The van der Waals surface area contributed by atoms with E-state index in [1.807, 2.05) is 65.8 Å². The monoisotopic (exact) mass is 1010 g/mol. The molecule has 0 N–H and O–H groups in total. The zero-order valence-electron chi connectivity index (χ0n) is 30.7. The number of rotatable bonds is 3. The van der Waals surface area contributed by atoms with E-state index in [1.54, 1.807) is 0 Å². The van der Waals surface area contributed by atoms with Gasteiger partial charge in [-0.15, -0.1) is 27.6 Å². The van der Waals surface area contributed by atoms with Gasteiger partial charge in [0, 0.05) is 47.2 Å². The molecule has 8 rings (SSSR count). The van der Waals surface area contributed by atoms with Gasteiger partial charge in [0.2, 0.25) is 0 Å². The van der Waals surface area contributed by atoms with Crippen molar-refractivity contribution >= 4 is 159 Å². The average Bonchev–Trinajstić information content (AvgIpc) is 3.79. The van der Waals surface area contributed by atoms with Gasteiger partial charge in [-0.1, -0.05) is 157 Å². The van der Waals surface area contributed by atoms with E-state index in [0.29, 0.717) is 11.1 Å². The van der Waals surface area contributed by atoms with Gasteiger partial charge in [-0.05, 0) is 91.6 Å². The van der Waals surface area contributed by atoms with Crippen molar-refractivity contribution in [2.24, 2.45) is 0 Å². The van der Waals surface area contributed by atoms with Crippen molar-refractivity contribution in [2.45, 2.75) is 41.5 Å². The fourth-order valence-electron chi connectivity index (χ4n) is 7.73. The number of aryl methyl sites for hydroxylation is 6.